The van der Waals surface area contributed by atoms with E-state index in [0.29, 0.717) is 0 Å². The Morgan fingerprint density at radius 3 is 0.742 bits per heavy atom. The molecule has 0 aliphatic carbocycles. The minimum absolute atomic E-state index is 2.05. The summed E-state index contributed by atoms with van der Waals surface area (Å²) >= 11 is -12.3. The van der Waals surface area contributed by atoms with Crippen molar-refractivity contribution >= 4 is 22.2 Å². The highest BCUT2D eigenvalue weighted by Crippen LogP contribution is 2.56. The lowest BCUT2D eigenvalue weighted by Crippen LogP contribution is -2.63. The molecule has 23 heteroatoms. The highest BCUT2D eigenvalue weighted by atomic mass is 32.3. The Kier molecular flexibility index (Phi) is 7.55. The Morgan fingerprint density at radius 2 is 0.581 bits per heavy atom. The number of halogens is 18. The minimum atomic E-state index is -7.90. The number of alkyl halides is 18. The molecule has 0 spiro atoms. The molecule has 188 valence electrons. The van der Waals surface area contributed by atoms with Gasteiger partial charge in [-0.25, -0.2) is 8.42 Å². The maximum absolute atomic E-state index is 13.0. The molecule has 0 atom stereocenters. The molecule has 0 amide bonds. The summed E-state index contributed by atoms with van der Waals surface area (Å²) in [6, 6.07) is 0. The monoisotopic (exact) mass is 550 g/mol. The molecule has 0 fully saturated rings. The second-order valence-electron chi connectivity index (χ2n) is 4.86. The summed E-state index contributed by atoms with van der Waals surface area (Å²) in [5.74, 6) is -31.5. The summed E-state index contributed by atoms with van der Waals surface area (Å²) in [4.78, 5) is 0. The highest BCUT2D eigenvalue weighted by Gasteiger charge is 2.86. The van der Waals surface area contributed by atoms with E-state index in [1.165, 1.54) is 0 Å². The second kappa shape index (κ2) is 7.80. The van der Waals surface area contributed by atoms with Crippen LogP contribution in [0.3, 0.4) is 0 Å². The van der Waals surface area contributed by atoms with Crippen LogP contribution in [0.2, 0.25) is 0 Å². The molecule has 0 heterocycles. The van der Waals surface area contributed by atoms with Crippen molar-refractivity contribution in [2.75, 3.05) is 0 Å². The van der Waals surface area contributed by atoms with Crippen LogP contribution in [0, 0.1) is 0 Å². The maximum Gasteiger partial charge on any atom is 0.460 e. The zero-order chi connectivity index (χ0) is 25.9. The number of rotatable bonds is 8. The average molecular weight is 550 g/mol. The topological polar surface area (TPSA) is 43.4 Å². The molecule has 0 aromatic heterocycles. The van der Waals surface area contributed by atoms with Crippen molar-refractivity contribution in [2.45, 2.75) is 46.6 Å². The van der Waals surface area contributed by atoms with Gasteiger partial charge < -0.3 is 0 Å². The Bertz CT molecular complexity index is 660. The Hall–Kier alpha value is -1.00. The molecule has 0 rings (SSSR count). The summed E-state index contributed by atoms with van der Waals surface area (Å²) in [6.45, 7) is 0. The summed E-state index contributed by atoms with van der Waals surface area (Å²) in [6.07, 6.45) is -15.1. The minimum Gasteiger partial charge on any atom is -0.222 e. The first-order chi connectivity index (χ1) is 13.0. The third-order valence-electron chi connectivity index (χ3n) is 2.77. The van der Waals surface area contributed by atoms with Crippen molar-refractivity contribution in [3.63, 3.8) is 0 Å². The molecule has 0 saturated carbocycles. The van der Waals surface area contributed by atoms with Gasteiger partial charge in [0, 0.05) is 0 Å². The van der Waals surface area contributed by atoms with Crippen LogP contribution in [0.15, 0.2) is 0 Å². The van der Waals surface area contributed by atoms with E-state index in [-0.39, 0.29) is 0 Å². The van der Waals surface area contributed by atoms with Crippen LogP contribution in [0.4, 0.5) is 79.0 Å². The quantitative estimate of drug-likeness (QED) is 0.392. The van der Waals surface area contributed by atoms with Gasteiger partial charge in [0.1, 0.15) is 0 Å². The molecule has 31 heavy (non-hydrogen) atoms. The van der Waals surface area contributed by atoms with Crippen LogP contribution in [0.5, 0.6) is 0 Å². The molecule has 0 radical (unpaired) electrons. The van der Waals surface area contributed by atoms with Crippen molar-refractivity contribution in [1.82, 2.24) is 0 Å². The molecule has 0 N–H and O–H groups in total. The lowest BCUT2D eigenvalue weighted by molar-refractivity contribution is -0.382. The zero-order valence-corrected chi connectivity index (χ0v) is 14.5. The second-order valence-corrected chi connectivity index (χ2v) is 7.37. The first-order valence-corrected chi connectivity index (χ1v) is 8.13. The van der Waals surface area contributed by atoms with Crippen LogP contribution >= 0.6 is 0 Å². The molecule has 0 saturated heterocycles. The molecule has 0 aromatic rings. The molecule has 0 aromatic carbocycles. The molecule has 0 aliphatic heterocycles. The van der Waals surface area contributed by atoms with Crippen LogP contribution in [-0.2, 0) is 25.8 Å². The molecule has 0 aliphatic rings. The fourth-order valence-electron chi connectivity index (χ4n) is 1.07. The third-order valence-corrected chi connectivity index (χ3v) is 5.11. The van der Waals surface area contributed by atoms with Gasteiger partial charge in [-0.05, 0) is 0 Å². The predicted molar refractivity (Wildman–Crippen MR) is 59.2 cm³/mol. The first kappa shape index (κ1) is 30.0. The van der Waals surface area contributed by atoms with Crippen molar-refractivity contribution in [2.24, 2.45) is 0 Å². The normalized spacial score (nSPS) is 18.1. The van der Waals surface area contributed by atoms with Gasteiger partial charge in [-0.1, -0.05) is 0 Å². The molecule has 0 bridgehead atoms. The Balaban J connectivity index is 6.12. The van der Waals surface area contributed by atoms with Gasteiger partial charge in [0.2, 0.25) is 22.2 Å². The van der Waals surface area contributed by atoms with Crippen molar-refractivity contribution in [3.05, 3.63) is 0 Å². The lowest BCUT2D eigenvalue weighted by atomic mass is 10.1. The Labute approximate surface area is 161 Å². The number of hydrogen-bond acceptors (Lipinski definition) is 3. The molecule has 3 nitrogen and oxygen atoms in total. The van der Waals surface area contributed by atoms with Gasteiger partial charge in [-0.15, -0.1) is 0 Å². The van der Waals surface area contributed by atoms with E-state index in [4.69, 9.17) is 0 Å². The van der Waals surface area contributed by atoms with E-state index in [1.807, 2.05) is 0 Å². The van der Waals surface area contributed by atoms with E-state index >= 15 is 0 Å². The summed E-state index contributed by atoms with van der Waals surface area (Å²) in [7, 11) is 0. The summed E-state index contributed by atoms with van der Waals surface area (Å²) < 4.78 is 248. The summed E-state index contributed by atoms with van der Waals surface area (Å²) in [5.41, 5.74) is 0. The van der Waals surface area contributed by atoms with Gasteiger partial charge in [-0.2, -0.15) is 82.7 Å². The first-order valence-electron chi connectivity index (χ1n) is 5.98. The van der Waals surface area contributed by atoms with Gasteiger partial charge in [-0.3, -0.25) is 0 Å². The van der Waals surface area contributed by atoms with Crippen LogP contribution < -0.4 is 0 Å². The van der Waals surface area contributed by atoms with Gasteiger partial charge in [0.15, 0.2) is 0 Å². The molecular formula is C8F18O3S2. The highest BCUT2D eigenvalue weighted by molar-refractivity contribution is 7.94. The third kappa shape index (κ3) is 4.44. The standard InChI is InChI=1S/C8F18O3S2/c9-1(10,5(17,18)19)3(13,14)7(23,24)30(27)29-31(28)8(25,26)4(15,16)2(11,12)6(20,21)22. The van der Waals surface area contributed by atoms with Gasteiger partial charge in [0.05, 0.1) is 0 Å². The molecular weight excluding hydrogens is 550 g/mol. The van der Waals surface area contributed by atoms with E-state index in [0.717, 1.165) is 0 Å². The largest absolute Gasteiger partial charge is 0.460 e. The van der Waals surface area contributed by atoms with Crippen LogP contribution in [0.1, 0.15) is 0 Å². The summed E-state index contributed by atoms with van der Waals surface area (Å²) in [5, 5.41) is -15.0. The van der Waals surface area contributed by atoms with E-state index in [2.05, 4.69) is 3.63 Å². The maximum atomic E-state index is 13.0. The molecule has 0 unspecified atom stereocenters. The van der Waals surface area contributed by atoms with Crippen LogP contribution in [0.25, 0.3) is 0 Å². The van der Waals surface area contributed by atoms with E-state index < -0.39 is 68.7 Å². The van der Waals surface area contributed by atoms with Gasteiger partial charge in [0.25, 0.3) is 0 Å². The van der Waals surface area contributed by atoms with E-state index in [1.54, 1.807) is 0 Å². The zero-order valence-electron chi connectivity index (χ0n) is 12.8. The van der Waals surface area contributed by atoms with Crippen LogP contribution in [-0.4, -0.2) is 55.0 Å². The Morgan fingerprint density at radius 1 is 0.387 bits per heavy atom. The fraction of sp³-hybridized carbons (Fsp3) is 1.00. The van der Waals surface area contributed by atoms with Gasteiger partial charge >= 0.3 is 46.6 Å². The smallest absolute Gasteiger partial charge is 0.222 e. The lowest BCUT2D eigenvalue weighted by Gasteiger charge is -2.33. The number of hydrogen-bond donors (Lipinski definition) is 0. The fourth-order valence-corrected chi connectivity index (χ4v) is 2.88. The van der Waals surface area contributed by atoms with Crippen molar-refractivity contribution in [3.8, 4) is 0 Å². The van der Waals surface area contributed by atoms with E-state index in [9.17, 15) is 87.4 Å². The predicted octanol–water partition coefficient (Wildman–Crippen LogP) is 5.18. The SMILES string of the molecule is O=S(OS(=O)C(F)(F)C(F)(F)C(F)(F)C(F)(F)F)C(F)(F)C(F)(F)C(F)(F)C(F)(F)F. The van der Waals surface area contributed by atoms with Crippen molar-refractivity contribution < 1.29 is 91.1 Å². The van der Waals surface area contributed by atoms with Crippen molar-refractivity contribution in [1.29, 1.82) is 0 Å². The average Bonchev–Trinajstić information content (AvgIpc) is 2.51.